The van der Waals surface area contributed by atoms with Gasteiger partial charge in [-0.2, -0.15) is 0 Å². The van der Waals surface area contributed by atoms with Gasteiger partial charge in [-0.3, -0.25) is 4.79 Å². The molecule has 0 radical (unpaired) electrons. The van der Waals surface area contributed by atoms with Gasteiger partial charge in [-0.15, -0.1) is 0 Å². The van der Waals surface area contributed by atoms with Crippen molar-refractivity contribution in [2.45, 2.75) is 38.7 Å². The monoisotopic (exact) mass is 234 g/mol. The van der Waals surface area contributed by atoms with Crippen LogP contribution in [0, 0.1) is 19.8 Å². The molecule has 1 unspecified atom stereocenters. The number of benzene rings is 1. The quantitative estimate of drug-likeness (QED) is 0.841. The average molecular weight is 234 g/mol. The van der Waals surface area contributed by atoms with E-state index in [0.717, 1.165) is 29.5 Å². The zero-order chi connectivity index (χ0) is 12.6. The summed E-state index contributed by atoms with van der Waals surface area (Å²) in [6, 6.07) is 5.71. The van der Waals surface area contributed by atoms with Crippen LogP contribution in [0.15, 0.2) is 18.2 Å². The molecule has 0 saturated heterocycles. The van der Waals surface area contributed by atoms with Gasteiger partial charge in [0.1, 0.15) is 5.60 Å². The third-order valence-corrected chi connectivity index (χ3v) is 3.68. The molecule has 1 aromatic rings. The minimum Gasteiger partial charge on any atom is -0.481 e. The number of hydrogen-bond acceptors (Lipinski definition) is 2. The van der Waals surface area contributed by atoms with Crippen molar-refractivity contribution in [1.82, 2.24) is 0 Å². The van der Waals surface area contributed by atoms with Crippen LogP contribution in [0.1, 0.15) is 36.0 Å². The van der Waals surface area contributed by atoms with Crippen LogP contribution in [-0.4, -0.2) is 16.2 Å². The second kappa shape index (κ2) is 4.15. The molecule has 1 saturated carbocycles. The van der Waals surface area contributed by atoms with E-state index in [4.69, 9.17) is 5.11 Å². The van der Waals surface area contributed by atoms with Crippen molar-refractivity contribution in [2.75, 3.05) is 0 Å². The highest BCUT2D eigenvalue weighted by molar-refractivity contribution is 5.69. The van der Waals surface area contributed by atoms with Crippen molar-refractivity contribution in [1.29, 1.82) is 0 Å². The summed E-state index contributed by atoms with van der Waals surface area (Å²) in [4.78, 5) is 10.9. The molecule has 3 nitrogen and oxygen atoms in total. The molecular formula is C14H18O3. The van der Waals surface area contributed by atoms with Gasteiger partial charge in [0.25, 0.3) is 0 Å². The number of carbonyl (C=O) groups is 1. The van der Waals surface area contributed by atoms with Crippen molar-refractivity contribution >= 4 is 5.97 Å². The third kappa shape index (κ3) is 2.34. The predicted octanol–water partition coefficient (Wildman–Crippen LogP) is 2.38. The van der Waals surface area contributed by atoms with Crippen molar-refractivity contribution in [3.05, 3.63) is 34.9 Å². The Kier molecular flexibility index (Phi) is 2.96. The van der Waals surface area contributed by atoms with Crippen molar-refractivity contribution in [2.24, 2.45) is 5.92 Å². The van der Waals surface area contributed by atoms with E-state index in [1.54, 1.807) is 0 Å². The van der Waals surface area contributed by atoms with Gasteiger partial charge in [-0.05, 0) is 49.3 Å². The number of carboxylic acids is 1. The first kappa shape index (κ1) is 12.1. The van der Waals surface area contributed by atoms with E-state index in [0.29, 0.717) is 0 Å². The van der Waals surface area contributed by atoms with E-state index in [9.17, 15) is 9.90 Å². The number of aliphatic carboxylic acids is 1. The summed E-state index contributed by atoms with van der Waals surface area (Å²) >= 11 is 0. The SMILES string of the molecule is Cc1ccc(C(O)(CC(=O)O)C2CC2)cc1C. The number of aliphatic hydroxyl groups is 1. The number of aryl methyl sites for hydroxylation is 2. The van der Waals surface area contributed by atoms with Crippen LogP contribution in [0.4, 0.5) is 0 Å². The second-order valence-electron chi connectivity index (χ2n) is 5.07. The molecule has 1 aromatic carbocycles. The molecule has 0 amide bonds. The molecule has 0 aromatic heterocycles. The van der Waals surface area contributed by atoms with Gasteiger partial charge in [-0.1, -0.05) is 18.2 Å². The van der Waals surface area contributed by atoms with Crippen LogP contribution >= 0.6 is 0 Å². The van der Waals surface area contributed by atoms with Gasteiger partial charge in [-0.25, -0.2) is 0 Å². The van der Waals surface area contributed by atoms with E-state index in [-0.39, 0.29) is 12.3 Å². The Morgan fingerprint density at radius 3 is 2.47 bits per heavy atom. The fourth-order valence-corrected chi connectivity index (χ4v) is 2.28. The molecule has 1 aliphatic carbocycles. The zero-order valence-corrected chi connectivity index (χ0v) is 10.2. The molecule has 0 spiro atoms. The molecule has 2 rings (SSSR count). The second-order valence-corrected chi connectivity index (χ2v) is 5.07. The molecule has 17 heavy (non-hydrogen) atoms. The van der Waals surface area contributed by atoms with Crippen molar-refractivity contribution in [3.63, 3.8) is 0 Å². The predicted molar refractivity (Wildman–Crippen MR) is 64.8 cm³/mol. The Morgan fingerprint density at radius 2 is 2.00 bits per heavy atom. The van der Waals surface area contributed by atoms with E-state index >= 15 is 0 Å². The van der Waals surface area contributed by atoms with Crippen LogP contribution in [0.25, 0.3) is 0 Å². The van der Waals surface area contributed by atoms with Gasteiger partial charge in [0.05, 0.1) is 6.42 Å². The lowest BCUT2D eigenvalue weighted by Crippen LogP contribution is -2.31. The molecule has 3 heteroatoms. The summed E-state index contributed by atoms with van der Waals surface area (Å²) in [6.07, 6.45) is 1.62. The van der Waals surface area contributed by atoms with Gasteiger partial charge < -0.3 is 10.2 Å². The largest absolute Gasteiger partial charge is 0.481 e. The molecule has 0 bridgehead atoms. The minimum absolute atomic E-state index is 0.0979. The Hall–Kier alpha value is -1.35. The standard InChI is InChI=1S/C14H18O3/c1-9-3-4-12(7-10(9)2)14(17,8-13(15)16)11-5-6-11/h3-4,7,11,17H,5-6,8H2,1-2H3,(H,15,16). The molecular weight excluding hydrogens is 216 g/mol. The first-order valence-electron chi connectivity index (χ1n) is 5.95. The van der Waals surface area contributed by atoms with Gasteiger partial charge in [0.2, 0.25) is 0 Å². The Morgan fingerprint density at radius 1 is 1.35 bits per heavy atom. The Balaban J connectivity index is 2.38. The lowest BCUT2D eigenvalue weighted by atomic mass is 9.84. The Labute approximate surface area is 101 Å². The maximum Gasteiger partial charge on any atom is 0.306 e. The fourth-order valence-electron chi connectivity index (χ4n) is 2.28. The van der Waals surface area contributed by atoms with Crippen LogP contribution in [0.5, 0.6) is 0 Å². The maximum absolute atomic E-state index is 10.9. The smallest absolute Gasteiger partial charge is 0.306 e. The summed E-state index contributed by atoms with van der Waals surface area (Å²) in [6.45, 7) is 3.99. The number of hydrogen-bond donors (Lipinski definition) is 2. The van der Waals surface area contributed by atoms with E-state index in [1.165, 1.54) is 0 Å². The van der Waals surface area contributed by atoms with Crippen molar-refractivity contribution < 1.29 is 15.0 Å². The lowest BCUT2D eigenvalue weighted by Gasteiger charge is -2.27. The average Bonchev–Trinajstić information content (AvgIpc) is 3.04. The van der Waals surface area contributed by atoms with E-state index in [2.05, 4.69) is 0 Å². The normalized spacial score (nSPS) is 18.8. The molecule has 2 N–H and O–H groups in total. The van der Waals surface area contributed by atoms with Crippen molar-refractivity contribution in [3.8, 4) is 0 Å². The van der Waals surface area contributed by atoms with Crippen LogP contribution < -0.4 is 0 Å². The summed E-state index contributed by atoms with van der Waals surface area (Å²) in [5, 5.41) is 19.6. The highest BCUT2D eigenvalue weighted by Gasteiger charge is 2.46. The van der Waals surface area contributed by atoms with Gasteiger partial charge in [0.15, 0.2) is 0 Å². The summed E-state index contributed by atoms with van der Waals surface area (Å²) in [5.41, 5.74) is 1.80. The number of rotatable bonds is 4. The highest BCUT2D eigenvalue weighted by Crippen LogP contribution is 2.48. The summed E-state index contributed by atoms with van der Waals surface area (Å²) in [5.74, 6) is -0.849. The van der Waals surface area contributed by atoms with E-state index < -0.39 is 11.6 Å². The van der Waals surface area contributed by atoms with E-state index in [1.807, 2.05) is 32.0 Å². The fraction of sp³-hybridized carbons (Fsp3) is 0.500. The summed E-state index contributed by atoms with van der Waals surface area (Å²) < 4.78 is 0. The van der Waals surface area contributed by atoms with Crippen LogP contribution in [0.2, 0.25) is 0 Å². The van der Waals surface area contributed by atoms with Gasteiger partial charge >= 0.3 is 5.97 Å². The topological polar surface area (TPSA) is 57.5 Å². The lowest BCUT2D eigenvalue weighted by molar-refractivity contribution is -0.144. The maximum atomic E-state index is 10.9. The molecule has 1 fully saturated rings. The first-order valence-corrected chi connectivity index (χ1v) is 5.95. The van der Waals surface area contributed by atoms with Gasteiger partial charge in [0, 0.05) is 0 Å². The zero-order valence-electron chi connectivity index (χ0n) is 10.2. The number of carboxylic acid groups (broad SMARTS) is 1. The first-order chi connectivity index (χ1) is 7.93. The summed E-state index contributed by atoms with van der Waals surface area (Å²) in [7, 11) is 0. The van der Waals surface area contributed by atoms with Crippen LogP contribution in [-0.2, 0) is 10.4 Å². The molecule has 0 heterocycles. The molecule has 0 aliphatic heterocycles. The van der Waals surface area contributed by atoms with Crippen LogP contribution in [0.3, 0.4) is 0 Å². The molecule has 1 aliphatic rings. The molecule has 92 valence electrons. The highest BCUT2D eigenvalue weighted by atomic mass is 16.4. The Bertz CT molecular complexity index is 449. The molecule has 1 atom stereocenters. The third-order valence-electron chi connectivity index (χ3n) is 3.68. The minimum atomic E-state index is -1.19.